The summed E-state index contributed by atoms with van der Waals surface area (Å²) in [4.78, 5) is 12.4. The number of nitrogens with two attached hydrogens (primary N) is 1. The zero-order valence-electron chi connectivity index (χ0n) is 17.0. The lowest BCUT2D eigenvalue weighted by molar-refractivity contribution is -0.684. The number of carbonyl (C=O) groups is 1. The first-order valence-electron chi connectivity index (χ1n) is 10.1. The second kappa shape index (κ2) is 9.56. The van der Waals surface area contributed by atoms with Gasteiger partial charge in [0.25, 0.3) is 5.91 Å². The van der Waals surface area contributed by atoms with Gasteiger partial charge in [-0.2, -0.15) is 4.31 Å². The Bertz CT molecular complexity index is 889. The van der Waals surface area contributed by atoms with Gasteiger partial charge in [-0.05, 0) is 56.2 Å². The molecular formula is C21H30N3O4S+. The van der Waals surface area contributed by atoms with Crippen molar-refractivity contribution in [1.29, 1.82) is 0 Å². The molecule has 0 saturated heterocycles. The van der Waals surface area contributed by atoms with Crippen LogP contribution in [0.4, 0.5) is 5.69 Å². The van der Waals surface area contributed by atoms with Crippen molar-refractivity contribution in [3.8, 4) is 0 Å². The van der Waals surface area contributed by atoms with E-state index < -0.39 is 10.0 Å². The summed E-state index contributed by atoms with van der Waals surface area (Å²) in [6.45, 7) is 2.21. The van der Waals surface area contributed by atoms with Crippen molar-refractivity contribution in [2.24, 2.45) is 0 Å². The predicted molar refractivity (Wildman–Crippen MR) is 111 cm³/mol. The summed E-state index contributed by atoms with van der Waals surface area (Å²) in [5.74, 6) is 0.660. The third-order valence-corrected chi connectivity index (χ3v) is 7.48. The highest BCUT2D eigenvalue weighted by Gasteiger charge is 2.29. The third-order valence-electron chi connectivity index (χ3n) is 5.55. The fraction of sp³-hybridized carbons (Fsp3) is 0.476. The molecule has 0 spiro atoms. The van der Waals surface area contributed by atoms with Crippen molar-refractivity contribution >= 4 is 21.6 Å². The van der Waals surface area contributed by atoms with E-state index in [-0.39, 0.29) is 29.4 Å². The van der Waals surface area contributed by atoms with E-state index in [1.165, 1.54) is 10.7 Å². The Morgan fingerprint density at radius 3 is 2.52 bits per heavy atom. The normalized spacial score (nSPS) is 16.7. The van der Waals surface area contributed by atoms with Gasteiger partial charge in [0, 0.05) is 18.8 Å². The van der Waals surface area contributed by atoms with Crippen LogP contribution < -0.4 is 10.6 Å². The molecule has 1 heterocycles. The van der Waals surface area contributed by atoms with Crippen LogP contribution in [-0.4, -0.2) is 38.3 Å². The topological polar surface area (TPSA) is 96.2 Å². The van der Waals surface area contributed by atoms with Gasteiger partial charge in [-0.3, -0.25) is 4.79 Å². The number of rotatable bonds is 8. The molecule has 0 bridgehead atoms. The van der Waals surface area contributed by atoms with Gasteiger partial charge in [0.15, 0.2) is 12.3 Å². The van der Waals surface area contributed by atoms with Crippen LogP contribution in [0.25, 0.3) is 0 Å². The molecule has 1 aromatic carbocycles. The molecule has 7 nitrogen and oxygen atoms in total. The van der Waals surface area contributed by atoms with Gasteiger partial charge < -0.3 is 15.1 Å². The van der Waals surface area contributed by atoms with Crippen molar-refractivity contribution in [3.05, 3.63) is 48.4 Å². The molecule has 1 fully saturated rings. The average Bonchev–Trinajstić information content (AvgIpc) is 3.27. The lowest BCUT2D eigenvalue weighted by Crippen LogP contribution is -2.86. The zero-order chi connectivity index (χ0) is 20.9. The van der Waals surface area contributed by atoms with E-state index in [9.17, 15) is 13.2 Å². The molecule has 0 unspecified atom stereocenters. The maximum atomic E-state index is 12.9. The Morgan fingerprint density at radius 1 is 1.21 bits per heavy atom. The summed E-state index contributed by atoms with van der Waals surface area (Å²) in [6.07, 6.45) is 6.77. The summed E-state index contributed by atoms with van der Waals surface area (Å²) in [6, 6.07) is 10.2. The van der Waals surface area contributed by atoms with Crippen LogP contribution in [0.1, 0.15) is 50.8 Å². The van der Waals surface area contributed by atoms with Crippen LogP contribution in [0.15, 0.2) is 52.0 Å². The molecule has 158 valence electrons. The standard InChI is InChI=1S/C21H29N3O4S/c1-16(20-9-6-14-28-20)22-15-21(25)23-17-10-12-19(13-11-17)29(26,27)24(2)18-7-4-3-5-8-18/h6,9-14,16,18,22H,3-5,7-8,15H2,1-2H3,(H,23,25)/p+1/t16-/m0/s1. The molecule has 1 aromatic heterocycles. The van der Waals surface area contributed by atoms with Gasteiger partial charge in [-0.25, -0.2) is 8.42 Å². The Morgan fingerprint density at radius 2 is 1.90 bits per heavy atom. The van der Waals surface area contributed by atoms with Crippen LogP contribution in [0.3, 0.4) is 0 Å². The summed E-state index contributed by atoms with van der Waals surface area (Å²) >= 11 is 0. The summed E-state index contributed by atoms with van der Waals surface area (Å²) in [5.41, 5.74) is 0.577. The molecule has 0 radical (unpaired) electrons. The Balaban J connectivity index is 1.55. The van der Waals surface area contributed by atoms with Crippen molar-refractivity contribution < 1.29 is 22.9 Å². The molecule has 8 heteroatoms. The highest BCUT2D eigenvalue weighted by atomic mass is 32.2. The van der Waals surface area contributed by atoms with Gasteiger partial charge in [-0.15, -0.1) is 0 Å². The summed E-state index contributed by atoms with van der Waals surface area (Å²) in [5, 5.41) is 4.69. The van der Waals surface area contributed by atoms with Crippen LogP contribution in [0.2, 0.25) is 0 Å². The highest BCUT2D eigenvalue weighted by molar-refractivity contribution is 7.89. The van der Waals surface area contributed by atoms with Crippen LogP contribution in [0.5, 0.6) is 0 Å². The van der Waals surface area contributed by atoms with Gasteiger partial charge in [-0.1, -0.05) is 19.3 Å². The van der Waals surface area contributed by atoms with Gasteiger partial charge in [0.05, 0.1) is 11.2 Å². The zero-order valence-corrected chi connectivity index (χ0v) is 17.8. The fourth-order valence-electron chi connectivity index (χ4n) is 3.68. The Kier molecular flexibility index (Phi) is 7.10. The van der Waals surface area contributed by atoms with E-state index in [2.05, 4.69) is 5.32 Å². The van der Waals surface area contributed by atoms with E-state index >= 15 is 0 Å². The lowest BCUT2D eigenvalue weighted by Gasteiger charge is -2.30. The van der Waals surface area contributed by atoms with Gasteiger partial charge in [0.1, 0.15) is 6.04 Å². The average molecular weight is 421 g/mol. The number of anilines is 1. The quantitative estimate of drug-likeness (QED) is 0.686. The van der Waals surface area contributed by atoms with E-state index in [1.54, 1.807) is 37.6 Å². The third kappa shape index (κ3) is 5.46. The van der Waals surface area contributed by atoms with Gasteiger partial charge >= 0.3 is 0 Å². The fourth-order valence-corrected chi connectivity index (χ4v) is 5.10. The Hall–Kier alpha value is -2.16. The Labute approximate surface area is 172 Å². The predicted octanol–water partition coefficient (Wildman–Crippen LogP) is 2.50. The number of carbonyl (C=O) groups excluding carboxylic acids is 1. The number of amides is 1. The maximum absolute atomic E-state index is 12.9. The molecule has 3 N–H and O–H groups in total. The summed E-state index contributed by atoms with van der Waals surface area (Å²) < 4.78 is 32.6. The van der Waals surface area contributed by atoms with Crippen molar-refractivity contribution in [3.63, 3.8) is 0 Å². The first-order chi connectivity index (χ1) is 13.9. The van der Waals surface area contributed by atoms with Crippen LogP contribution in [0, 0.1) is 0 Å². The molecule has 1 atom stereocenters. The second-order valence-electron chi connectivity index (χ2n) is 7.63. The largest absolute Gasteiger partial charge is 0.463 e. The smallest absolute Gasteiger partial charge is 0.279 e. The number of hydrogen-bond acceptors (Lipinski definition) is 4. The second-order valence-corrected chi connectivity index (χ2v) is 9.63. The monoisotopic (exact) mass is 420 g/mol. The van der Waals surface area contributed by atoms with E-state index in [0.717, 1.165) is 31.4 Å². The molecule has 1 aliphatic carbocycles. The SMILES string of the molecule is C[C@H]([NH2+]CC(=O)Nc1ccc(S(=O)(=O)N(C)C2CCCCC2)cc1)c1ccco1. The van der Waals surface area contributed by atoms with E-state index in [1.807, 2.05) is 24.4 Å². The maximum Gasteiger partial charge on any atom is 0.279 e. The summed E-state index contributed by atoms with van der Waals surface area (Å²) in [7, 11) is -1.86. The molecule has 1 amide bonds. The first-order valence-corrected chi connectivity index (χ1v) is 11.6. The minimum Gasteiger partial charge on any atom is -0.463 e. The molecule has 1 saturated carbocycles. The number of nitrogens with one attached hydrogen (secondary N) is 1. The van der Waals surface area contributed by atoms with Crippen molar-refractivity contribution in [1.82, 2.24) is 4.31 Å². The number of furan rings is 1. The number of sulfonamides is 1. The lowest BCUT2D eigenvalue weighted by atomic mass is 9.96. The molecule has 2 aromatic rings. The number of quaternary nitrogens is 1. The van der Waals surface area contributed by atoms with Crippen LogP contribution in [-0.2, 0) is 14.8 Å². The van der Waals surface area contributed by atoms with Crippen molar-refractivity contribution in [2.75, 3.05) is 18.9 Å². The van der Waals surface area contributed by atoms with Crippen LogP contribution >= 0.6 is 0 Å². The molecule has 3 rings (SSSR count). The first kappa shape index (κ1) is 21.5. The minimum absolute atomic E-state index is 0.0404. The van der Waals surface area contributed by atoms with Gasteiger partial charge in [0.2, 0.25) is 10.0 Å². The minimum atomic E-state index is -3.53. The van der Waals surface area contributed by atoms with E-state index in [0.29, 0.717) is 5.69 Å². The molecule has 0 aliphatic heterocycles. The highest BCUT2D eigenvalue weighted by Crippen LogP contribution is 2.26. The molecule has 29 heavy (non-hydrogen) atoms. The number of hydrogen-bond donors (Lipinski definition) is 2. The number of nitrogens with zero attached hydrogens (tertiary/aromatic N) is 1. The molecule has 1 aliphatic rings. The number of benzene rings is 1. The van der Waals surface area contributed by atoms with E-state index in [4.69, 9.17) is 4.42 Å². The molecular weight excluding hydrogens is 390 g/mol. The van der Waals surface area contributed by atoms with Crippen molar-refractivity contribution in [2.45, 2.75) is 56.0 Å².